The summed E-state index contributed by atoms with van der Waals surface area (Å²) in [5.41, 5.74) is 4.32. The third-order valence-corrected chi connectivity index (χ3v) is 7.63. The van der Waals surface area contributed by atoms with E-state index in [0.717, 1.165) is 40.8 Å². The molecule has 0 atom stereocenters. The average molecular weight is 513 g/mol. The zero-order valence-corrected chi connectivity index (χ0v) is 22.3. The smallest absolute Gasteiger partial charge is 0.231 e. The molecule has 1 aliphatic rings. The fourth-order valence-electron chi connectivity index (χ4n) is 5.57. The Labute approximate surface area is 225 Å². The van der Waals surface area contributed by atoms with Gasteiger partial charge in [0.2, 0.25) is 5.91 Å². The first kappa shape index (κ1) is 25.9. The molecule has 0 N–H and O–H groups in total. The van der Waals surface area contributed by atoms with E-state index < -0.39 is 11.2 Å². The van der Waals surface area contributed by atoms with Crippen LogP contribution in [0.1, 0.15) is 74.6 Å². The second kappa shape index (κ2) is 10.9. The highest BCUT2D eigenvalue weighted by Gasteiger charge is 2.31. The molecule has 0 spiro atoms. The van der Waals surface area contributed by atoms with Crippen molar-refractivity contribution in [2.45, 2.75) is 70.3 Å². The number of ether oxygens (including phenoxy) is 1. The minimum absolute atomic E-state index is 0. The second-order valence-electron chi connectivity index (χ2n) is 10.9. The number of pyridine rings is 1. The Kier molecular flexibility index (Phi) is 7.46. The van der Waals surface area contributed by atoms with Gasteiger partial charge in [0, 0.05) is 30.5 Å². The number of halogens is 1. The lowest BCUT2D eigenvalue weighted by atomic mass is 9.84. The molecular formula is C33H37FN2O2. The van der Waals surface area contributed by atoms with Gasteiger partial charge >= 0.3 is 0 Å². The van der Waals surface area contributed by atoms with Crippen molar-refractivity contribution in [2.24, 2.45) is 0 Å². The van der Waals surface area contributed by atoms with Gasteiger partial charge in [-0.2, -0.15) is 0 Å². The lowest BCUT2D eigenvalue weighted by Gasteiger charge is -2.25. The number of allylic oxidation sites excluding steroid dienone is 1. The summed E-state index contributed by atoms with van der Waals surface area (Å²) in [7, 11) is 0. The maximum absolute atomic E-state index is 13.9. The van der Waals surface area contributed by atoms with Crippen LogP contribution in [0.2, 0.25) is 0 Å². The van der Waals surface area contributed by atoms with Crippen LogP contribution in [0.15, 0.2) is 79.6 Å². The Morgan fingerprint density at radius 3 is 2.61 bits per heavy atom. The quantitative estimate of drug-likeness (QED) is 0.213. The van der Waals surface area contributed by atoms with Crippen LogP contribution in [0.3, 0.4) is 0 Å². The molecule has 2 heterocycles. The van der Waals surface area contributed by atoms with Crippen molar-refractivity contribution >= 4 is 16.8 Å². The summed E-state index contributed by atoms with van der Waals surface area (Å²) in [4.78, 5) is 17.9. The number of carbonyl (C=O) groups excluding carboxylic acids is 1. The first-order chi connectivity index (χ1) is 18.4. The fourth-order valence-corrected chi connectivity index (χ4v) is 5.57. The Bertz CT molecular complexity index is 1460. The molecule has 1 fully saturated rings. The van der Waals surface area contributed by atoms with E-state index in [-0.39, 0.29) is 19.9 Å². The van der Waals surface area contributed by atoms with Crippen LogP contribution in [0.5, 0.6) is 5.75 Å². The SMILES string of the molecule is C=CC(C)(C)c1c(Cc2ccccc2)c2cc(OC3CCCC3)ccc2n1C(=O)CCc1cncc(F)c1.[HH]. The van der Waals surface area contributed by atoms with Crippen molar-refractivity contribution < 1.29 is 15.3 Å². The summed E-state index contributed by atoms with van der Waals surface area (Å²) in [5, 5.41) is 1.02. The number of rotatable bonds is 9. The average Bonchev–Trinajstić information content (AvgIpc) is 3.54. The van der Waals surface area contributed by atoms with Gasteiger partial charge in [0.25, 0.3) is 0 Å². The van der Waals surface area contributed by atoms with E-state index in [2.05, 4.69) is 43.6 Å². The van der Waals surface area contributed by atoms with E-state index in [4.69, 9.17) is 4.74 Å². The molecule has 1 saturated carbocycles. The van der Waals surface area contributed by atoms with Crippen molar-refractivity contribution in [1.82, 2.24) is 9.55 Å². The zero-order valence-electron chi connectivity index (χ0n) is 22.3. The standard InChI is InChI=1S/C33H35FN2O2.H2/c1-4-33(2,3)32-29(19-23-10-6-5-7-11-23)28-20-27(38-26-12-8-9-13-26)15-16-30(28)36(32)31(37)17-14-24-18-25(34)22-35-21-24;/h4-7,10-11,15-16,18,20-22,26H,1,8-9,12-14,17,19H2,2-3H3;1H. The van der Waals surface area contributed by atoms with Gasteiger partial charge in [-0.1, -0.05) is 50.3 Å². The number of hydrogen-bond donors (Lipinski definition) is 0. The first-order valence-electron chi connectivity index (χ1n) is 13.5. The van der Waals surface area contributed by atoms with Gasteiger partial charge in [-0.05, 0) is 79.5 Å². The summed E-state index contributed by atoms with van der Waals surface area (Å²) in [6.07, 6.45) is 10.9. The van der Waals surface area contributed by atoms with Crippen molar-refractivity contribution in [3.63, 3.8) is 0 Å². The largest absolute Gasteiger partial charge is 0.490 e. The summed E-state index contributed by atoms with van der Waals surface area (Å²) in [6.45, 7) is 8.31. The van der Waals surface area contributed by atoms with Gasteiger partial charge in [-0.15, -0.1) is 6.58 Å². The molecule has 0 bridgehead atoms. The normalized spacial score (nSPS) is 14.2. The molecule has 0 amide bonds. The van der Waals surface area contributed by atoms with Gasteiger partial charge in [-0.25, -0.2) is 4.39 Å². The molecule has 5 rings (SSSR count). The minimum atomic E-state index is -0.467. The van der Waals surface area contributed by atoms with Crippen LogP contribution in [0, 0.1) is 5.82 Å². The van der Waals surface area contributed by atoms with Gasteiger partial charge in [0.05, 0.1) is 17.8 Å². The highest BCUT2D eigenvalue weighted by molar-refractivity contribution is 5.97. The molecule has 38 heavy (non-hydrogen) atoms. The van der Waals surface area contributed by atoms with Gasteiger partial charge in [-0.3, -0.25) is 14.3 Å². The van der Waals surface area contributed by atoms with Crippen LogP contribution in [-0.2, 0) is 18.3 Å². The number of aryl methyl sites for hydroxylation is 1. The first-order valence-corrected chi connectivity index (χ1v) is 13.5. The fraction of sp³-hybridized carbons (Fsp3) is 0.333. The van der Waals surface area contributed by atoms with Crippen molar-refractivity contribution in [3.05, 3.63) is 108 Å². The molecule has 0 unspecified atom stereocenters. The van der Waals surface area contributed by atoms with Crippen LogP contribution in [-0.4, -0.2) is 21.6 Å². The van der Waals surface area contributed by atoms with Crippen LogP contribution in [0.25, 0.3) is 10.9 Å². The van der Waals surface area contributed by atoms with Crippen LogP contribution >= 0.6 is 0 Å². The Balaban J connectivity index is 0.00000353. The van der Waals surface area contributed by atoms with E-state index >= 15 is 0 Å². The third kappa shape index (κ3) is 5.42. The van der Waals surface area contributed by atoms with Crippen LogP contribution < -0.4 is 4.74 Å². The third-order valence-electron chi connectivity index (χ3n) is 7.63. The Morgan fingerprint density at radius 1 is 1.13 bits per heavy atom. The number of hydrogen-bond acceptors (Lipinski definition) is 3. The molecule has 1 aliphatic carbocycles. The van der Waals surface area contributed by atoms with Crippen LogP contribution in [0.4, 0.5) is 4.39 Å². The lowest BCUT2D eigenvalue weighted by molar-refractivity contribution is 0.0902. The van der Waals surface area contributed by atoms with Crippen molar-refractivity contribution in [2.75, 3.05) is 0 Å². The van der Waals surface area contributed by atoms with E-state index in [9.17, 15) is 9.18 Å². The Morgan fingerprint density at radius 2 is 1.89 bits per heavy atom. The summed E-state index contributed by atoms with van der Waals surface area (Å²) in [5.74, 6) is 0.417. The topological polar surface area (TPSA) is 44.1 Å². The molecule has 2 aromatic heterocycles. The van der Waals surface area contributed by atoms with E-state index in [1.807, 2.05) is 41.0 Å². The Hall–Kier alpha value is -3.73. The maximum atomic E-state index is 13.9. The van der Waals surface area contributed by atoms with Gasteiger partial charge < -0.3 is 4.74 Å². The van der Waals surface area contributed by atoms with Crippen molar-refractivity contribution in [3.8, 4) is 5.75 Å². The zero-order chi connectivity index (χ0) is 26.7. The monoisotopic (exact) mass is 512 g/mol. The predicted molar refractivity (Wildman–Crippen MR) is 153 cm³/mol. The van der Waals surface area contributed by atoms with E-state index in [1.165, 1.54) is 30.7 Å². The highest BCUT2D eigenvalue weighted by Crippen LogP contribution is 2.39. The summed E-state index contributed by atoms with van der Waals surface area (Å²) < 4.78 is 21.9. The molecule has 0 saturated heterocycles. The molecule has 0 radical (unpaired) electrons. The number of carbonyl (C=O) groups is 1. The summed E-state index contributed by atoms with van der Waals surface area (Å²) in [6, 6.07) is 17.9. The lowest BCUT2D eigenvalue weighted by Crippen LogP contribution is -2.25. The minimum Gasteiger partial charge on any atom is -0.490 e. The number of nitrogens with zero attached hydrogens (tertiary/aromatic N) is 2. The van der Waals surface area contributed by atoms with Gasteiger partial charge in [0.15, 0.2) is 0 Å². The highest BCUT2D eigenvalue weighted by atomic mass is 19.1. The molecule has 4 nitrogen and oxygen atoms in total. The molecule has 2 aromatic carbocycles. The number of aromatic nitrogens is 2. The summed E-state index contributed by atoms with van der Waals surface area (Å²) >= 11 is 0. The van der Waals surface area contributed by atoms with E-state index in [1.54, 1.807) is 6.20 Å². The molecule has 5 heteroatoms. The van der Waals surface area contributed by atoms with E-state index in [0.29, 0.717) is 18.4 Å². The van der Waals surface area contributed by atoms with Gasteiger partial charge in [0.1, 0.15) is 11.6 Å². The molecule has 198 valence electrons. The predicted octanol–water partition coefficient (Wildman–Crippen LogP) is 8.07. The number of fused-ring (bicyclic) bond motifs is 1. The molecule has 4 aromatic rings. The second-order valence-corrected chi connectivity index (χ2v) is 10.9. The molecular weight excluding hydrogens is 475 g/mol. The molecule has 0 aliphatic heterocycles. The maximum Gasteiger partial charge on any atom is 0.231 e. The number of benzene rings is 2. The van der Waals surface area contributed by atoms with Crippen molar-refractivity contribution in [1.29, 1.82) is 0 Å².